The standard InChI is InChI=1S/C15H23N5.HI/c1-16-15(18-13-5-4-6-13)20-11-9-19(10-12-20)14-7-2-3-8-17-14;/h2-3,7-8,13H,4-6,9-12H2,1H3,(H,16,18);1H. The number of hydrogen-bond acceptors (Lipinski definition) is 3. The molecular formula is C15H24IN5. The van der Waals surface area contributed by atoms with Gasteiger partial charge in [-0.1, -0.05) is 6.07 Å². The van der Waals surface area contributed by atoms with E-state index in [1.165, 1.54) is 19.3 Å². The van der Waals surface area contributed by atoms with Crippen LogP contribution in [0, 0.1) is 0 Å². The van der Waals surface area contributed by atoms with Crippen molar-refractivity contribution < 1.29 is 0 Å². The number of aromatic nitrogens is 1. The van der Waals surface area contributed by atoms with E-state index < -0.39 is 0 Å². The number of nitrogens with zero attached hydrogens (tertiary/aromatic N) is 4. The van der Waals surface area contributed by atoms with E-state index in [-0.39, 0.29) is 24.0 Å². The van der Waals surface area contributed by atoms with Crippen molar-refractivity contribution in [2.24, 2.45) is 4.99 Å². The lowest BCUT2D eigenvalue weighted by atomic mass is 9.93. The molecule has 1 N–H and O–H groups in total. The van der Waals surface area contributed by atoms with Crippen LogP contribution in [0.5, 0.6) is 0 Å². The molecule has 21 heavy (non-hydrogen) atoms. The Morgan fingerprint density at radius 3 is 2.52 bits per heavy atom. The second kappa shape index (κ2) is 7.82. The van der Waals surface area contributed by atoms with Gasteiger partial charge in [0.25, 0.3) is 0 Å². The van der Waals surface area contributed by atoms with Gasteiger partial charge >= 0.3 is 0 Å². The number of rotatable bonds is 2. The minimum Gasteiger partial charge on any atom is -0.354 e. The molecular weight excluding hydrogens is 377 g/mol. The van der Waals surface area contributed by atoms with Crippen molar-refractivity contribution in [3.63, 3.8) is 0 Å². The Labute approximate surface area is 143 Å². The lowest BCUT2D eigenvalue weighted by Crippen LogP contribution is -2.55. The van der Waals surface area contributed by atoms with Crippen molar-refractivity contribution >= 4 is 35.8 Å². The molecule has 3 rings (SSSR count). The Balaban J connectivity index is 0.00000161. The summed E-state index contributed by atoms with van der Waals surface area (Å²) >= 11 is 0. The molecule has 0 aromatic carbocycles. The molecule has 1 aliphatic heterocycles. The Morgan fingerprint density at radius 2 is 2.00 bits per heavy atom. The van der Waals surface area contributed by atoms with E-state index in [9.17, 15) is 0 Å². The molecule has 1 aromatic heterocycles. The van der Waals surface area contributed by atoms with Crippen LogP contribution in [0.2, 0.25) is 0 Å². The third-order valence-electron chi connectivity index (χ3n) is 4.20. The van der Waals surface area contributed by atoms with Crippen LogP contribution in [0.1, 0.15) is 19.3 Å². The fourth-order valence-corrected chi connectivity index (χ4v) is 2.72. The summed E-state index contributed by atoms with van der Waals surface area (Å²) in [5, 5.41) is 3.57. The Hall–Kier alpha value is -1.05. The molecule has 116 valence electrons. The van der Waals surface area contributed by atoms with Crippen molar-refractivity contribution in [1.29, 1.82) is 0 Å². The zero-order chi connectivity index (χ0) is 13.8. The average Bonchev–Trinajstić information content (AvgIpc) is 2.48. The molecule has 1 saturated heterocycles. The Kier molecular flexibility index (Phi) is 6.08. The third-order valence-corrected chi connectivity index (χ3v) is 4.20. The van der Waals surface area contributed by atoms with Crippen molar-refractivity contribution in [3.8, 4) is 0 Å². The van der Waals surface area contributed by atoms with Crippen LogP contribution in [0.25, 0.3) is 0 Å². The van der Waals surface area contributed by atoms with Gasteiger partial charge in [-0.05, 0) is 31.4 Å². The van der Waals surface area contributed by atoms with Crippen molar-refractivity contribution in [2.45, 2.75) is 25.3 Å². The van der Waals surface area contributed by atoms with E-state index in [2.05, 4.69) is 31.2 Å². The first-order valence-electron chi connectivity index (χ1n) is 7.51. The molecule has 1 aromatic rings. The van der Waals surface area contributed by atoms with Gasteiger partial charge in [0.05, 0.1) is 0 Å². The highest BCUT2D eigenvalue weighted by atomic mass is 127. The van der Waals surface area contributed by atoms with E-state index in [1.54, 1.807) is 0 Å². The zero-order valence-corrected chi connectivity index (χ0v) is 14.9. The van der Waals surface area contributed by atoms with Gasteiger partial charge in [0, 0.05) is 45.5 Å². The van der Waals surface area contributed by atoms with Gasteiger partial charge in [-0.2, -0.15) is 0 Å². The topological polar surface area (TPSA) is 43.8 Å². The van der Waals surface area contributed by atoms with Crippen molar-refractivity contribution in [3.05, 3.63) is 24.4 Å². The average molecular weight is 401 g/mol. The molecule has 0 radical (unpaired) electrons. The van der Waals surface area contributed by atoms with Crippen LogP contribution in [0.3, 0.4) is 0 Å². The van der Waals surface area contributed by atoms with E-state index in [1.807, 2.05) is 25.4 Å². The molecule has 1 aliphatic carbocycles. The van der Waals surface area contributed by atoms with Crippen LogP contribution in [0.15, 0.2) is 29.4 Å². The molecule has 5 nitrogen and oxygen atoms in total. The summed E-state index contributed by atoms with van der Waals surface area (Å²) in [6.45, 7) is 4.01. The lowest BCUT2D eigenvalue weighted by molar-refractivity contribution is 0.332. The van der Waals surface area contributed by atoms with E-state index in [0.29, 0.717) is 6.04 Å². The summed E-state index contributed by atoms with van der Waals surface area (Å²) in [5.41, 5.74) is 0. The first-order chi connectivity index (χ1) is 9.86. The number of pyridine rings is 1. The van der Waals surface area contributed by atoms with Crippen LogP contribution in [-0.2, 0) is 0 Å². The largest absolute Gasteiger partial charge is 0.354 e. The molecule has 0 amide bonds. The molecule has 1 saturated carbocycles. The fourth-order valence-electron chi connectivity index (χ4n) is 2.72. The Morgan fingerprint density at radius 1 is 1.24 bits per heavy atom. The number of piperazine rings is 1. The van der Waals surface area contributed by atoms with Crippen molar-refractivity contribution in [1.82, 2.24) is 15.2 Å². The first-order valence-corrected chi connectivity index (χ1v) is 7.51. The van der Waals surface area contributed by atoms with E-state index in [0.717, 1.165) is 38.0 Å². The second-order valence-electron chi connectivity index (χ2n) is 5.48. The molecule has 2 fully saturated rings. The smallest absolute Gasteiger partial charge is 0.193 e. The summed E-state index contributed by atoms with van der Waals surface area (Å²) in [6.07, 6.45) is 5.78. The highest BCUT2D eigenvalue weighted by Crippen LogP contribution is 2.19. The molecule has 6 heteroatoms. The quantitative estimate of drug-likeness (QED) is 0.468. The maximum atomic E-state index is 4.43. The molecule has 2 aliphatic rings. The number of hydrogen-bond donors (Lipinski definition) is 1. The summed E-state index contributed by atoms with van der Waals surface area (Å²) in [7, 11) is 1.88. The van der Waals surface area contributed by atoms with Gasteiger partial charge in [-0.15, -0.1) is 24.0 Å². The van der Waals surface area contributed by atoms with Gasteiger partial charge in [0.15, 0.2) is 5.96 Å². The minimum absolute atomic E-state index is 0. The summed E-state index contributed by atoms with van der Waals surface area (Å²) in [6, 6.07) is 6.73. The fraction of sp³-hybridized carbons (Fsp3) is 0.600. The highest BCUT2D eigenvalue weighted by molar-refractivity contribution is 14.0. The van der Waals surface area contributed by atoms with E-state index >= 15 is 0 Å². The SMILES string of the molecule is CN=C(NC1CCC1)N1CCN(c2ccccn2)CC1.I. The number of halogens is 1. The third kappa shape index (κ3) is 3.99. The zero-order valence-electron chi connectivity index (χ0n) is 12.5. The van der Waals surface area contributed by atoms with Gasteiger partial charge in [0.2, 0.25) is 0 Å². The van der Waals surface area contributed by atoms with Crippen LogP contribution >= 0.6 is 24.0 Å². The number of nitrogens with one attached hydrogen (secondary N) is 1. The van der Waals surface area contributed by atoms with E-state index in [4.69, 9.17) is 0 Å². The Bertz CT molecular complexity index is 452. The predicted octanol–water partition coefficient (Wildman–Crippen LogP) is 1.95. The molecule has 0 atom stereocenters. The summed E-state index contributed by atoms with van der Waals surface area (Å²) in [5.74, 6) is 2.14. The number of anilines is 1. The normalized spacial score (nSPS) is 19.8. The minimum atomic E-state index is 0. The monoisotopic (exact) mass is 401 g/mol. The molecule has 0 spiro atoms. The number of guanidine groups is 1. The van der Waals surface area contributed by atoms with Gasteiger partial charge in [-0.3, -0.25) is 4.99 Å². The second-order valence-corrected chi connectivity index (χ2v) is 5.48. The maximum absolute atomic E-state index is 4.43. The lowest BCUT2D eigenvalue weighted by Gasteiger charge is -2.39. The summed E-state index contributed by atoms with van der Waals surface area (Å²) < 4.78 is 0. The van der Waals surface area contributed by atoms with Crippen LogP contribution in [-0.4, -0.2) is 55.1 Å². The molecule has 0 unspecified atom stereocenters. The first kappa shape index (κ1) is 16.3. The maximum Gasteiger partial charge on any atom is 0.193 e. The van der Waals surface area contributed by atoms with Crippen LogP contribution in [0.4, 0.5) is 5.82 Å². The van der Waals surface area contributed by atoms with Crippen LogP contribution < -0.4 is 10.2 Å². The molecule has 0 bridgehead atoms. The predicted molar refractivity (Wildman–Crippen MR) is 97.6 cm³/mol. The van der Waals surface area contributed by atoms with Gasteiger partial charge in [-0.25, -0.2) is 4.98 Å². The summed E-state index contributed by atoms with van der Waals surface area (Å²) in [4.78, 5) is 13.6. The number of aliphatic imine (C=N–C) groups is 1. The van der Waals surface area contributed by atoms with Gasteiger partial charge < -0.3 is 15.1 Å². The molecule has 2 heterocycles. The highest BCUT2D eigenvalue weighted by Gasteiger charge is 2.24. The van der Waals surface area contributed by atoms with Gasteiger partial charge in [0.1, 0.15) is 5.82 Å². The van der Waals surface area contributed by atoms with Crippen molar-refractivity contribution in [2.75, 3.05) is 38.1 Å².